The lowest BCUT2D eigenvalue weighted by Gasteiger charge is -2.10. The van der Waals surface area contributed by atoms with E-state index in [1.807, 2.05) is 31.2 Å². The highest BCUT2D eigenvalue weighted by molar-refractivity contribution is 7.71. The Morgan fingerprint density at radius 1 is 1.25 bits per heavy atom. The third kappa shape index (κ3) is 4.75. The number of aromatic amines is 1. The van der Waals surface area contributed by atoms with Crippen LogP contribution in [0.2, 0.25) is 0 Å². The van der Waals surface area contributed by atoms with Crippen LogP contribution in [-0.4, -0.2) is 37.1 Å². The van der Waals surface area contributed by atoms with E-state index in [4.69, 9.17) is 17.0 Å². The van der Waals surface area contributed by atoms with Gasteiger partial charge >= 0.3 is 0 Å². The number of nitrogens with one attached hydrogen (secondary N) is 2. The third-order valence-electron chi connectivity index (χ3n) is 4.73. The molecule has 1 amide bonds. The SMILES string of the molecule is CCOc1ccc(-c2n[nH]c(=S)n2CCC(=O)Nc2ccc(-n3cccn3)c(F)c2)cc1. The van der Waals surface area contributed by atoms with E-state index in [2.05, 4.69) is 20.6 Å². The van der Waals surface area contributed by atoms with Crippen LogP contribution in [0.15, 0.2) is 60.9 Å². The van der Waals surface area contributed by atoms with E-state index in [9.17, 15) is 9.18 Å². The van der Waals surface area contributed by atoms with Crippen LogP contribution in [0.5, 0.6) is 5.75 Å². The molecule has 10 heteroatoms. The van der Waals surface area contributed by atoms with Crippen LogP contribution in [0.25, 0.3) is 17.1 Å². The summed E-state index contributed by atoms with van der Waals surface area (Å²) in [6, 6.07) is 13.7. The van der Waals surface area contributed by atoms with E-state index in [0.29, 0.717) is 35.1 Å². The Hall–Kier alpha value is -3.79. The minimum Gasteiger partial charge on any atom is -0.494 e. The normalized spacial score (nSPS) is 10.8. The smallest absolute Gasteiger partial charge is 0.226 e. The highest BCUT2D eigenvalue weighted by Gasteiger charge is 2.12. The van der Waals surface area contributed by atoms with Crippen molar-refractivity contribution in [2.75, 3.05) is 11.9 Å². The summed E-state index contributed by atoms with van der Waals surface area (Å²) in [5.74, 6) is 0.640. The van der Waals surface area contributed by atoms with Crippen LogP contribution >= 0.6 is 12.2 Å². The van der Waals surface area contributed by atoms with Crippen molar-refractivity contribution in [3.63, 3.8) is 0 Å². The zero-order chi connectivity index (χ0) is 22.5. The van der Waals surface area contributed by atoms with Crippen molar-refractivity contribution in [3.05, 3.63) is 71.5 Å². The van der Waals surface area contributed by atoms with Gasteiger partial charge in [0, 0.05) is 36.6 Å². The van der Waals surface area contributed by atoms with Gasteiger partial charge < -0.3 is 10.1 Å². The first-order valence-corrected chi connectivity index (χ1v) is 10.4. The molecule has 0 aliphatic rings. The van der Waals surface area contributed by atoms with Gasteiger partial charge in [0.1, 0.15) is 11.4 Å². The molecule has 8 nitrogen and oxygen atoms in total. The summed E-state index contributed by atoms with van der Waals surface area (Å²) in [4.78, 5) is 12.5. The summed E-state index contributed by atoms with van der Waals surface area (Å²) >= 11 is 5.32. The molecule has 0 saturated heterocycles. The lowest BCUT2D eigenvalue weighted by molar-refractivity contribution is -0.116. The molecule has 2 N–H and O–H groups in total. The zero-order valence-corrected chi connectivity index (χ0v) is 18.1. The number of rotatable bonds is 8. The van der Waals surface area contributed by atoms with Crippen LogP contribution in [0, 0.1) is 10.6 Å². The standard InChI is InChI=1S/C22H21FN6O2S/c1-2-31-17-7-4-15(5-8-17)21-26-27-22(32)28(21)13-10-20(30)25-16-6-9-19(18(23)14-16)29-12-3-11-24-29/h3-9,11-12,14H,2,10,13H2,1H3,(H,25,30)(H,27,32). The number of carbonyl (C=O) groups excluding carboxylic acids is 1. The van der Waals surface area contributed by atoms with Crippen LogP contribution < -0.4 is 10.1 Å². The first kappa shape index (κ1) is 21.4. The van der Waals surface area contributed by atoms with Gasteiger partial charge in [0.2, 0.25) is 5.91 Å². The highest BCUT2D eigenvalue weighted by atomic mass is 32.1. The molecule has 4 aromatic rings. The first-order valence-electron chi connectivity index (χ1n) is 10.0. The Kier molecular flexibility index (Phi) is 6.41. The summed E-state index contributed by atoms with van der Waals surface area (Å²) in [5.41, 5.74) is 1.51. The molecule has 32 heavy (non-hydrogen) atoms. The van der Waals surface area contributed by atoms with E-state index in [1.165, 1.54) is 10.7 Å². The van der Waals surface area contributed by atoms with Gasteiger partial charge in [-0.3, -0.25) is 14.5 Å². The van der Waals surface area contributed by atoms with Gasteiger partial charge in [0.05, 0.1) is 6.61 Å². The zero-order valence-electron chi connectivity index (χ0n) is 17.3. The highest BCUT2D eigenvalue weighted by Crippen LogP contribution is 2.22. The average molecular weight is 453 g/mol. The minimum absolute atomic E-state index is 0.139. The van der Waals surface area contributed by atoms with Gasteiger partial charge in [-0.2, -0.15) is 10.2 Å². The molecule has 164 valence electrons. The summed E-state index contributed by atoms with van der Waals surface area (Å²) in [6.45, 7) is 2.83. The Balaban J connectivity index is 1.42. The van der Waals surface area contributed by atoms with Gasteiger partial charge in [-0.15, -0.1) is 0 Å². The molecule has 0 saturated carbocycles. The Bertz CT molecular complexity index is 1260. The number of hydrogen-bond acceptors (Lipinski definition) is 5. The first-order chi connectivity index (χ1) is 15.5. The van der Waals surface area contributed by atoms with E-state index < -0.39 is 5.82 Å². The number of carbonyl (C=O) groups is 1. The van der Waals surface area contributed by atoms with Gasteiger partial charge in [-0.05, 0) is 67.7 Å². The molecular formula is C22H21FN6O2S. The largest absolute Gasteiger partial charge is 0.494 e. The predicted molar refractivity (Wildman–Crippen MR) is 121 cm³/mol. The summed E-state index contributed by atoms with van der Waals surface area (Å²) in [5, 5.41) is 13.8. The molecule has 0 radical (unpaired) electrons. The molecule has 0 aliphatic carbocycles. The van der Waals surface area contributed by atoms with Crippen LogP contribution in [-0.2, 0) is 11.3 Å². The molecule has 2 heterocycles. The summed E-state index contributed by atoms with van der Waals surface area (Å²) < 4.78 is 23.4. The number of ether oxygens (including phenoxy) is 1. The predicted octanol–water partition coefficient (Wildman–Crippen LogP) is 4.36. The van der Waals surface area contributed by atoms with E-state index in [1.54, 1.807) is 35.2 Å². The van der Waals surface area contributed by atoms with Crippen molar-refractivity contribution in [2.45, 2.75) is 19.9 Å². The maximum absolute atomic E-state index is 14.4. The maximum Gasteiger partial charge on any atom is 0.226 e. The van der Waals surface area contributed by atoms with Gasteiger partial charge in [0.25, 0.3) is 0 Å². The molecule has 0 unspecified atom stereocenters. The molecule has 0 bridgehead atoms. The average Bonchev–Trinajstić information content (AvgIpc) is 3.43. The molecule has 4 rings (SSSR count). The second-order valence-corrected chi connectivity index (χ2v) is 7.26. The summed E-state index contributed by atoms with van der Waals surface area (Å²) in [7, 11) is 0. The van der Waals surface area contributed by atoms with Gasteiger partial charge in [-0.25, -0.2) is 9.07 Å². The Morgan fingerprint density at radius 3 is 2.75 bits per heavy atom. The van der Waals surface area contributed by atoms with Crippen molar-refractivity contribution in [2.24, 2.45) is 0 Å². The topological polar surface area (TPSA) is 89.8 Å². The quantitative estimate of drug-likeness (QED) is 0.388. The fourth-order valence-corrected chi connectivity index (χ4v) is 3.45. The van der Waals surface area contributed by atoms with Gasteiger partial charge in [-0.1, -0.05) is 0 Å². The Morgan fingerprint density at radius 2 is 2.06 bits per heavy atom. The second-order valence-electron chi connectivity index (χ2n) is 6.88. The molecule has 0 aliphatic heterocycles. The van der Waals surface area contributed by atoms with Crippen molar-refractivity contribution in [1.29, 1.82) is 0 Å². The number of hydrogen-bond donors (Lipinski definition) is 2. The van der Waals surface area contributed by atoms with Crippen molar-refractivity contribution >= 4 is 23.8 Å². The fourth-order valence-electron chi connectivity index (χ4n) is 3.23. The molecule has 2 aromatic carbocycles. The Labute approximate surface area is 188 Å². The monoisotopic (exact) mass is 452 g/mol. The number of H-pyrrole nitrogens is 1. The number of anilines is 1. The van der Waals surface area contributed by atoms with Gasteiger partial charge in [0.15, 0.2) is 16.4 Å². The summed E-state index contributed by atoms with van der Waals surface area (Å²) in [6.07, 6.45) is 3.35. The van der Waals surface area contributed by atoms with E-state index in [0.717, 1.165) is 11.3 Å². The number of benzene rings is 2. The van der Waals surface area contributed by atoms with Crippen LogP contribution in [0.3, 0.4) is 0 Å². The molecule has 0 fully saturated rings. The fraction of sp³-hybridized carbons (Fsp3) is 0.182. The van der Waals surface area contributed by atoms with E-state index in [-0.39, 0.29) is 12.3 Å². The number of amides is 1. The maximum atomic E-state index is 14.4. The second kappa shape index (κ2) is 9.56. The molecular weight excluding hydrogens is 431 g/mol. The van der Waals surface area contributed by atoms with Crippen molar-refractivity contribution in [1.82, 2.24) is 24.5 Å². The van der Waals surface area contributed by atoms with Crippen LogP contribution in [0.1, 0.15) is 13.3 Å². The van der Waals surface area contributed by atoms with Crippen LogP contribution in [0.4, 0.5) is 10.1 Å². The molecule has 2 aromatic heterocycles. The number of aromatic nitrogens is 5. The number of nitrogens with zero attached hydrogens (tertiary/aromatic N) is 4. The number of halogens is 1. The lowest BCUT2D eigenvalue weighted by Crippen LogP contribution is -2.15. The third-order valence-corrected chi connectivity index (χ3v) is 5.04. The van der Waals surface area contributed by atoms with Crippen molar-refractivity contribution in [3.8, 4) is 22.8 Å². The minimum atomic E-state index is -0.485. The molecule has 0 atom stereocenters. The molecule has 0 spiro atoms. The lowest BCUT2D eigenvalue weighted by atomic mass is 10.2. The van der Waals surface area contributed by atoms with Crippen molar-refractivity contribution < 1.29 is 13.9 Å². The van der Waals surface area contributed by atoms with E-state index >= 15 is 0 Å².